The number of nitrogens with two attached hydrogens (primary N) is 1. The molecule has 8 aromatic rings. The second kappa shape index (κ2) is 27.7. The number of ether oxygens (including phenoxy) is 2. The van der Waals surface area contributed by atoms with Gasteiger partial charge in [-0.25, -0.2) is 17.6 Å². The molecule has 2 aromatic heterocycles. The smallest absolute Gasteiger partial charge is 0.428 e. The van der Waals surface area contributed by atoms with Crippen molar-refractivity contribution in [2.75, 3.05) is 0 Å². The molecule has 0 bridgehead atoms. The fourth-order valence-corrected chi connectivity index (χ4v) is 8.46. The Hall–Kier alpha value is -8.07. The summed E-state index contributed by atoms with van der Waals surface area (Å²) in [6.45, 7) is 0. The van der Waals surface area contributed by atoms with E-state index in [2.05, 4.69) is 24.8 Å². The topological polar surface area (TPSA) is 116 Å². The summed E-state index contributed by atoms with van der Waals surface area (Å²) in [5.41, 5.74) is -0.245. The van der Waals surface area contributed by atoms with Crippen molar-refractivity contribution in [2.24, 2.45) is 5.73 Å². The Morgan fingerprint density at radius 2 is 0.920 bits per heavy atom. The maximum atomic E-state index is 14.9. The van der Waals surface area contributed by atoms with Crippen LogP contribution in [0, 0.1) is 23.3 Å². The molecule has 2 heterocycles. The molecular formula is C58H37Cl3F18N4O4. The normalized spacial score (nSPS) is 13.3. The number of alkyl halides is 14. The highest BCUT2D eigenvalue weighted by atomic mass is 35.5. The maximum absolute atomic E-state index is 14.9. The van der Waals surface area contributed by atoms with Gasteiger partial charge in [0.25, 0.3) is 11.1 Å². The highest BCUT2D eigenvalue weighted by molar-refractivity contribution is 6.67. The molecule has 29 heteroatoms. The molecule has 8 rings (SSSR count). The number of halogens is 21. The molecule has 1 amide bonds. The van der Waals surface area contributed by atoms with E-state index in [0.717, 1.165) is 48.2 Å². The Labute approximate surface area is 495 Å². The van der Waals surface area contributed by atoms with E-state index in [-0.39, 0.29) is 52.0 Å². The Kier molecular flexibility index (Phi) is 21.7. The SMILES string of the molecule is NC(Cc1ccccc1)(c1cc(F)cc(OC(F)(F)C(F)F)c1)c1ccc(Cl)cn1.O=C(Cl)c1ccc(F)c(C(F)(F)F)c1.O=C(NC(Cc1ccccc1)(c1cc(F)cc(OC(F)(F)C(F)F)c1)c1ccc(Cl)cn1)c1ccc(F)c(C(F)(F)F)c1. The van der Waals surface area contributed by atoms with E-state index in [1.165, 1.54) is 30.5 Å². The molecule has 2 atom stereocenters. The van der Waals surface area contributed by atoms with Crippen molar-refractivity contribution in [3.8, 4) is 11.5 Å². The molecule has 0 aliphatic carbocycles. The Morgan fingerprint density at radius 1 is 0.506 bits per heavy atom. The van der Waals surface area contributed by atoms with Gasteiger partial charge in [0.1, 0.15) is 40.3 Å². The number of nitrogens with zero attached hydrogens (tertiary/aromatic N) is 2. The highest BCUT2D eigenvalue weighted by Crippen LogP contribution is 2.40. The van der Waals surface area contributed by atoms with Gasteiger partial charge in [-0.1, -0.05) is 83.9 Å². The van der Waals surface area contributed by atoms with Gasteiger partial charge in [-0.2, -0.15) is 61.5 Å². The molecular weight excluding hydrogens is 1260 g/mol. The lowest BCUT2D eigenvalue weighted by Gasteiger charge is -2.36. The molecule has 0 radical (unpaired) electrons. The molecule has 0 fully saturated rings. The molecule has 2 unspecified atom stereocenters. The number of nitrogens with one attached hydrogen (secondary N) is 1. The summed E-state index contributed by atoms with van der Waals surface area (Å²) >= 11 is 16.8. The highest BCUT2D eigenvalue weighted by Gasteiger charge is 2.47. The van der Waals surface area contributed by atoms with Crippen molar-refractivity contribution >= 4 is 46.0 Å². The lowest BCUT2D eigenvalue weighted by atomic mass is 9.80. The second-order valence-electron chi connectivity index (χ2n) is 18.3. The summed E-state index contributed by atoms with van der Waals surface area (Å²) in [5, 5.41) is 1.88. The molecule has 0 saturated heterocycles. The first-order valence-corrected chi connectivity index (χ1v) is 25.3. The van der Waals surface area contributed by atoms with Crippen LogP contribution in [-0.4, -0.2) is 46.2 Å². The molecule has 0 spiro atoms. The van der Waals surface area contributed by atoms with Gasteiger partial charge in [-0.05, 0) is 119 Å². The summed E-state index contributed by atoms with van der Waals surface area (Å²) in [5.74, 6) is -8.38. The van der Waals surface area contributed by atoms with Gasteiger partial charge in [-0.3, -0.25) is 19.6 Å². The number of rotatable bonds is 17. The Bertz CT molecular complexity index is 3670. The summed E-state index contributed by atoms with van der Waals surface area (Å²) < 4.78 is 245. The summed E-state index contributed by atoms with van der Waals surface area (Å²) in [4.78, 5) is 32.4. The van der Waals surface area contributed by atoms with Gasteiger partial charge in [0.15, 0.2) is 0 Å². The van der Waals surface area contributed by atoms with Crippen LogP contribution in [0.4, 0.5) is 79.0 Å². The number of hydrogen-bond donors (Lipinski definition) is 2. The number of aromatic nitrogens is 2. The fraction of sp³-hybridized carbons (Fsp3) is 0.172. The average Bonchev–Trinajstić information content (AvgIpc) is 1.02. The van der Waals surface area contributed by atoms with Crippen LogP contribution in [-0.2, 0) is 36.3 Å². The van der Waals surface area contributed by atoms with E-state index in [1.807, 2.05) is 0 Å². The van der Waals surface area contributed by atoms with Gasteiger partial charge in [0.2, 0.25) is 0 Å². The number of hydrogen-bond acceptors (Lipinski definition) is 7. The third kappa shape index (κ3) is 17.8. The van der Waals surface area contributed by atoms with E-state index in [0.29, 0.717) is 40.9 Å². The van der Waals surface area contributed by atoms with Crippen LogP contribution in [0.15, 0.2) is 170 Å². The number of carbonyl (C=O) groups excluding carboxylic acids is 2. The molecule has 0 saturated carbocycles. The van der Waals surface area contributed by atoms with Crippen LogP contribution in [0.5, 0.6) is 11.5 Å². The summed E-state index contributed by atoms with van der Waals surface area (Å²) in [7, 11) is 0. The van der Waals surface area contributed by atoms with Crippen LogP contribution in [0.1, 0.15) is 65.5 Å². The van der Waals surface area contributed by atoms with Crippen molar-refractivity contribution in [1.29, 1.82) is 0 Å². The lowest BCUT2D eigenvalue weighted by Crippen LogP contribution is -2.49. The predicted octanol–water partition coefficient (Wildman–Crippen LogP) is 17.0. The number of carbonyl (C=O) groups is 2. The number of benzene rings is 6. The monoisotopic (exact) mass is 1300 g/mol. The third-order valence-corrected chi connectivity index (χ3v) is 12.8. The van der Waals surface area contributed by atoms with E-state index in [1.54, 1.807) is 60.7 Å². The molecule has 8 nitrogen and oxygen atoms in total. The van der Waals surface area contributed by atoms with Gasteiger partial charge in [0.05, 0.1) is 38.1 Å². The first-order valence-electron chi connectivity index (χ1n) is 24.2. The quantitative estimate of drug-likeness (QED) is 0.0689. The zero-order chi connectivity index (χ0) is 64.5. The molecule has 3 N–H and O–H groups in total. The minimum absolute atomic E-state index is 0.0150. The Balaban J connectivity index is 0.000000236. The van der Waals surface area contributed by atoms with Crippen molar-refractivity contribution in [3.63, 3.8) is 0 Å². The van der Waals surface area contributed by atoms with Crippen molar-refractivity contribution < 1.29 is 98.1 Å². The van der Waals surface area contributed by atoms with E-state index < -0.39 is 111 Å². The van der Waals surface area contributed by atoms with E-state index >= 15 is 0 Å². The predicted molar refractivity (Wildman–Crippen MR) is 281 cm³/mol. The molecule has 460 valence electrons. The zero-order valence-electron chi connectivity index (χ0n) is 43.3. The second-order valence-corrected chi connectivity index (χ2v) is 19.5. The first kappa shape index (κ1) is 68.0. The van der Waals surface area contributed by atoms with Crippen molar-refractivity contribution in [2.45, 2.75) is 61.3 Å². The van der Waals surface area contributed by atoms with E-state index in [9.17, 15) is 88.6 Å². The first-order chi connectivity index (χ1) is 40.5. The number of pyridine rings is 2. The third-order valence-electron chi connectivity index (χ3n) is 12.1. The zero-order valence-corrected chi connectivity index (χ0v) is 45.5. The lowest BCUT2D eigenvalue weighted by molar-refractivity contribution is -0.253. The van der Waals surface area contributed by atoms with Crippen LogP contribution in [0.3, 0.4) is 0 Å². The fourth-order valence-electron chi connectivity index (χ4n) is 8.11. The van der Waals surface area contributed by atoms with Gasteiger partial charge < -0.3 is 20.5 Å². The molecule has 0 aliphatic heterocycles. The average molecular weight is 1300 g/mol. The molecule has 6 aromatic carbocycles. The number of amides is 1. The largest absolute Gasteiger partial charge is 0.461 e. The summed E-state index contributed by atoms with van der Waals surface area (Å²) in [6.07, 6.45) is -25.9. The minimum Gasteiger partial charge on any atom is -0.428 e. The van der Waals surface area contributed by atoms with Crippen molar-refractivity contribution in [3.05, 3.63) is 259 Å². The van der Waals surface area contributed by atoms with Crippen LogP contribution < -0.4 is 20.5 Å². The van der Waals surface area contributed by atoms with Gasteiger partial charge in [0, 0.05) is 48.5 Å². The van der Waals surface area contributed by atoms with Crippen LogP contribution >= 0.6 is 34.8 Å². The van der Waals surface area contributed by atoms with Crippen LogP contribution in [0.25, 0.3) is 0 Å². The maximum Gasteiger partial charge on any atom is 0.461 e. The molecule has 87 heavy (non-hydrogen) atoms. The van der Waals surface area contributed by atoms with Gasteiger partial charge >= 0.3 is 37.4 Å². The Morgan fingerprint density at radius 3 is 1.34 bits per heavy atom. The van der Waals surface area contributed by atoms with Crippen molar-refractivity contribution in [1.82, 2.24) is 15.3 Å². The minimum atomic E-state index is -5.16. The van der Waals surface area contributed by atoms with Crippen LogP contribution in [0.2, 0.25) is 10.0 Å². The summed E-state index contributed by atoms with van der Waals surface area (Å²) in [6, 6.07) is 30.3. The van der Waals surface area contributed by atoms with E-state index in [4.69, 9.17) is 40.5 Å². The molecule has 0 aliphatic rings. The van der Waals surface area contributed by atoms with Gasteiger partial charge in [-0.15, -0.1) is 0 Å². The standard InChI is InChI=1S/C29H18ClF9N2O2.C21H16ClF5N2O.C8H3ClF4O/c30-19-7-9-24(40-15-19)27(14-16-4-2-1-3-5-16,18-11-20(31)13-21(12-18)43-29(38,39)26(33)34)41-25(42)17-6-8-23(32)22(10-17)28(35,36)37;22-15-6-7-18(29-12-15)20(28,11-13-4-2-1-3-5-13)14-8-16(23)10-17(9-14)30-21(26,27)19(24)25;9-7(14)4-1-2-6(10)5(3-4)8(11,12)13/h1-13,15,26H,14H2,(H,41,42);1-10,12,19H,11,28H2;1-3H.